The quantitative estimate of drug-likeness (QED) is 0.654. The van der Waals surface area contributed by atoms with Crippen molar-refractivity contribution >= 4 is 5.91 Å². The van der Waals surface area contributed by atoms with Crippen LogP contribution in [0.4, 0.5) is 0 Å². The van der Waals surface area contributed by atoms with Crippen molar-refractivity contribution in [3.63, 3.8) is 0 Å². The third-order valence-electron chi connectivity index (χ3n) is 3.80. The molecule has 80 valence electrons. The van der Waals surface area contributed by atoms with Crippen LogP contribution >= 0.6 is 0 Å². The minimum Gasteiger partial charge on any atom is -0.358 e. The van der Waals surface area contributed by atoms with Gasteiger partial charge in [-0.2, -0.15) is 0 Å². The van der Waals surface area contributed by atoms with Gasteiger partial charge < -0.3 is 10.6 Å². The van der Waals surface area contributed by atoms with Gasteiger partial charge >= 0.3 is 0 Å². The van der Waals surface area contributed by atoms with Gasteiger partial charge in [-0.25, -0.2) is 0 Å². The first kappa shape index (κ1) is 9.97. The van der Waals surface area contributed by atoms with Crippen LogP contribution in [0, 0.1) is 11.8 Å². The molecule has 2 aliphatic rings. The SMILES string of the molecule is CNC(=O)C1NCCC2CCCCC21. The normalized spacial score (nSPS) is 37.4. The number of carbonyl (C=O) groups is 1. The summed E-state index contributed by atoms with van der Waals surface area (Å²) in [6.07, 6.45) is 6.49. The lowest BCUT2D eigenvalue weighted by atomic mass is 9.71. The van der Waals surface area contributed by atoms with E-state index in [0.717, 1.165) is 12.5 Å². The molecule has 2 rings (SSSR count). The third kappa shape index (κ3) is 1.78. The maximum atomic E-state index is 11.6. The van der Waals surface area contributed by atoms with Crippen molar-refractivity contribution in [1.29, 1.82) is 0 Å². The predicted molar refractivity (Wildman–Crippen MR) is 55.9 cm³/mol. The topological polar surface area (TPSA) is 41.1 Å². The maximum Gasteiger partial charge on any atom is 0.237 e. The fourth-order valence-electron chi connectivity index (χ4n) is 3.05. The van der Waals surface area contributed by atoms with Crippen LogP contribution in [0.2, 0.25) is 0 Å². The van der Waals surface area contributed by atoms with E-state index in [1.165, 1.54) is 32.1 Å². The van der Waals surface area contributed by atoms with E-state index in [1.54, 1.807) is 7.05 Å². The largest absolute Gasteiger partial charge is 0.358 e. The predicted octanol–water partition coefficient (Wildman–Crippen LogP) is 0.901. The lowest BCUT2D eigenvalue weighted by molar-refractivity contribution is -0.125. The van der Waals surface area contributed by atoms with Crippen LogP contribution in [0.25, 0.3) is 0 Å². The summed E-state index contributed by atoms with van der Waals surface area (Å²) in [6, 6.07) is 0.0825. The molecule has 0 aromatic carbocycles. The van der Waals surface area contributed by atoms with Gasteiger partial charge in [-0.15, -0.1) is 0 Å². The Balaban J connectivity index is 2.04. The summed E-state index contributed by atoms with van der Waals surface area (Å²) in [7, 11) is 1.73. The van der Waals surface area contributed by atoms with Gasteiger partial charge in [-0.3, -0.25) is 4.79 Å². The summed E-state index contributed by atoms with van der Waals surface area (Å²) >= 11 is 0. The lowest BCUT2D eigenvalue weighted by Crippen LogP contribution is -2.54. The van der Waals surface area contributed by atoms with Crippen LogP contribution in [0.1, 0.15) is 32.1 Å². The van der Waals surface area contributed by atoms with E-state index in [2.05, 4.69) is 10.6 Å². The van der Waals surface area contributed by atoms with Crippen molar-refractivity contribution in [3.05, 3.63) is 0 Å². The van der Waals surface area contributed by atoms with Crippen LogP contribution in [0.5, 0.6) is 0 Å². The molecule has 1 aliphatic carbocycles. The zero-order valence-electron chi connectivity index (χ0n) is 8.88. The lowest BCUT2D eigenvalue weighted by Gasteiger charge is -2.40. The van der Waals surface area contributed by atoms with Gasteiger partial charge in [0, 0.05) is 7.05 Å². The summed E-state index contributed by atoms with van der Waals surface area (Å²) in [5.41, 5.74) is 0. The Morgan fingerprint density at radius 3 is 2.86 bits per heavy atom. The molecule has 14 heavy (non-hydrogen) atoms. The zero-order chi connectivity index (χ0) is 9.97. The van der Waals surface area contributed by atoms with Crippen LogP contribution in [-0.2, 0) is 4.79 Å². The Bertz CT molecular complexity index is 215. The van der Waals surface area contributed by atoms with Gasteiger partial charge in [0.15, 0.2) is 0 Å². The number of carbonyl (C=O) groups excluding carboxylic acids is 1. The summed E-state index contributed by atoms with van der Waals surface area (Å²) in [5, 5.41) is 6.12. The minimum atomic E-state index is 0.0825. The third-order valence-corrected chi connectivity index (χ3v) is 3.80. The Morgan fingerprint density at radius 1 is 1.29 bits per heavy atom. The van der Waals surface area contributed by atoms with Gasteiger partial charge in [-0.05, 0) is 31.2 Å². The number of piperidine rings is 1. The number of rotatable bonds is 1. The fourth-order valence-corrected chi connectivity index (χ4v) is 3.05. The summed E-state index contributed by atoms with van der Waals surface area (Å²) in [5.74, 6) is 1.58. The Morgan fingerprint density at radius 2 is 2.07 bits per heavy atom. The molecule has 0 aromatic heterocycles. The molecule has 1 saturated heterocycles. The van der Waals surface area contributed by atoms with Crippen molar-refractivity contribution in [1.82, 2.24) is 10.6 Å². The van der Waals surface area contributed by atoms with E-state index in [9.17, 15) is 4.79 Å². The monoisotopic (exact) mass is 196 g/mol. The van der Waals surface area contributed by atoms with Crippen LogP contribution in [0.3, 0.4) is 0 Å². The summed E-state index contributed by atoms with van der Waals surface area (Å²) in [6.45, 7) is 1.01. The number of nitrogens with one attached hydrogen (secondary N) is 2. The molecule has 1 amide bonds. The van der Waals surface area contributed by atoms with E-state index in [1.807, 2.05) is 0 Å². The van der Waals surface area contributed by atoms with Crippen molar-refractivity contribution in [3.8, 4) is 0 Å². The second-order valence-electron chi connectivity index (χ2n) is 4.54. The average Bonchev–Trinajstić information content (AvgIpc) is 2.27. The van der Waals surface area contributed by atoms with E-state index in [0.29, 0.717) is 5.92 Å². The molecule has 3 heteroatoms. The van der Waals surface area contributed by atoms with Gasteiger partial charge in [0.05, 0.1) is 6.04 Å². The highest BCUT2D eigenvalue weighted by molar-refractivity contribution is 5.82. The zero-order valence-corrected chi connectivity index (χ0v) is 8.88. The van der Waals surface area contributed by atoms with Crippen molar-refractivity contribution in [2.24, 2.45) is 11.8 Å². The van der Waals surface area contributed by atoms with Crippen molar-refractivity contribution in [2.75, 3.05) is 13.6 Å². The first-order valence-electron chi connectivity index (χ1n) is 5.78. The molecular weight excluding hydrogens is 176 g/mol. The molecular formula is C11H20N2O. The number of fused-ring (bicyclic) bond motifs is 1. The molecule has 2 fully saturated rings. The van der Waals surface area contributed by atoms with Crippen LogP contribution < -0.4 is 10.6 Å². The highest BCUT2D eigenvalue weighted by atomic mass is 16.2. The molecule has 1 aliphatic heterocycles. The number of hydrogen-bond donors (Lipinski definition) is 2. The number of amides is 1. The molecule has 0 radical (unpaired) electrons. The van der Waals surface area contributed by atoms with Gasteiger partial charge in [0.1, 0.15) is 0 Å². The minimum absolute atomic E-state index is 0.0825. The molecule has 3 nitrogen and oxygen atoms in total. The first-order chi connectivity index (χ1) is 6.83. The maximum absolute atomic E-state index is 11.6. The molecule has 1 saturated carbocycles. The summed E-state index contributed by atoms with van der Waals surface area (Å²) in [4.78, 5) is 11.6. The molecule has 2 N–H and O–H groups in total. The van der Waals surface area contributed by atoms with E-state index in [-0.39, 0.29) is 11.9 Å². The molecule has 3 atom stereocenters. The van der Waals surface area contributed by atoms with Crippen molar-refractivity contribution < 1.29 is 4.79 Å². The summed E-state index contributed by atoms with van der Waals surface area (Å²) < 4.78 is 0. The molecule has 3 unspecified atom stereocenters. The van der Waals surface area contributed by atoms with Gasteiger partial charge in [-0.1, -0.05) is 19.3 Å². The second kappa shape index (κ2) is 4.30. The van der Waals surface area contributed by atoms with Crippen LogP contribution in [0.15, 0.2) is 0 Å². The van der Waals surface area contributed by atoms with Gasteiger partial charge in [0.2, 0.25) is 5.91 Å². The average molecular weight is 196 g/mol. The van der Waals surface area contributed by atoms with E-state index < -0.39 is 0 Å². The van der Waals surface area contributed by atoms with E-state index in [4.69, 9.17) is 0 Å². The Hall–Kier alpha value is -0.570. The number of hydrogen-bond acceptors (Lipinski definition) is 2. The smallest absolute Gasteiger partial charge is 0.237 e. The molecule has 0 bridgehead atoms. The fraction of sp³-hybridized carbons (Fsp3) is 0.909. The van der Waals surface area contributed by atoms with Crippen LogP contribution in [-0.4, -0.2) is 25.5 Å². The van der Waals surface area contributed by atoms with E-state index >= 15 is 0 Å². The molecule has 0 aromatic rings. The second-order valence-corrected chi connectivity index (χ2v) is 4.54. The van der Waals surface area contributed by atoms with Crippen molar-refractivity contribution in [2.45, 2.75) is 38.1 Å². The highest BCUT2D eigenvalue weighted by Gasteiger charge is 2.37. The Labute approximate surface area is 85.6 Å². The molecule has 1 heterocycles. The molecule has 0 spiro atoms. The first-order valence-corrected chi connectivity index (χ1v) is 5.78. The highest BCUT2D eigenvalue weighted by Crippen LogP contribution is 2.36. The standard InChI is InChI=1S/C11H20N2O/c1-12-11(14)10-9-5-3-2-4-8(9)6-7-13-10/h8-10,13H,2-7H2,1H3,(H,12,14). The van der Waals surface area contributed by atoms with Gasteiger partial charge in [0.25, 0.3) is 0 Å². The Kier molecular flexibility index (Phi) is 3.06. The number of likely N-dealkylation sites (N-methyl/N-ethyl adjacent to an activating group) is 1.